The van der Waals surface area contributed by atoms with E-state index < -0.39 is 15.9 Å². The highest BCUT2D eigenvalue weighted by Gasteiger charge is 2.41. The van der Waals surface area contributed by atoms with Crippen LogP contribution < -0.4 is 14.9 Å². The minimum Gasteiger partial charge on any atom is -0.369 e. The number of rotatable bonds is 0. The van der Waals surface area contributed by atoms with E-state index in [4.69, 9.17) is 4.98 Å². The average molecular weight is 487 g/mol. The average Bonchev–Trinajstić information content (AvgIpc) is 3.05. The van der Waals surface area contributed by atoms with Crippen LogP contribution in [0.4, 0.5) is 11.6 Å². The van der Waals surface area contributed by atoms with Crippen molar-refractivity contribution in [3.8, 4) is 0 Å². The predicted molar refractivity (Wildman–Crippen MR) is 131 cm³/mol. The Bertz CT molecular complexity index is 1190. The van der Waals surface area contributed by atoms with Gasteiger partial charge in [0.05, 0.1) is 18.0 Å². The van der Waals surface area contributed by atoms with Gasteiger partial charge in [-0.05, 0) is 51.2 Å². The van der Waals surface area contributed by atoms with Crippen molar-refractivity contribution in [2.75, 3.05) is 23.3 Å². The van der Waals surface area contributed by atoms with Gasteiger partial charge in [-0.1, -0.05) is 27.2 Å². The quantitative estimate of drug-likeness (QED) is 0.581. The summed E-state index contributed by atoms with van der Waals surface area (Å²) in [7, 11) is -4.22. The number of carbonyl (C=O) groups excluding carboxylic acids is 1. The number of nitrogens with one attached hydrogen (secondary N) is 2. The summed E-state index contributed by atoms with van der Waals surface area (Å²) >= 11 is 0. The lowest BCUT2D eigenvalue weighted by Gasteiger charge is -2.34. The smallest absolute Gasteiger partial charge is 0.283 e. The zero-order chi connectivity index (χ0) is 24.7. The van der Waals surface area contributed by atoms with Crippen LogP contribution in [0.2, 0.25) is 0 Å². The van der Waals surface area contributed by atoms with Gasteiger partial charge in [0, 0.05) is 29.7 Å². The van der Waals surface area contributed by atoms with Crippen LogP contribution in [0.1, 0.15) is 76.4 Å². The molecule has 2 N–H and O–H groups in total. The molecule has 2 aromatic heterocycles. The molecule has 0 radical (unpaired) electrons. The Balaban J connectivity index is 1.82. The third-order valence-corrected chi connectivity index (χ3v) is 7.77. The van der Waals surface area contributed by atoms with Crippen molar-refractivity contribution in [2.45, 2.75) is 76.3 Å². The van der Waals surface area contributed by atoms with Crippen molar-refractivity contribution < 1.29 is 13.2 Å². The van der Waals surface area contributed by atoms with Crippen LogP contribution in [0.3, 0.4) is 0 Å². The Morgan fingerprint density at radius 2 is 1.88 bits per heavy atom. The standard InChI is InChI=1S/C24H34N6O3S/c1-23(2,3)18-10-9-17-21(27-18)30-15-16(12-24(30,4)5)8-6-7-11-26-19-13-25-14-20(28-19)34(32,33)29-22(17)31/h9-10,13-14,16H,6-8,11-12,15H2,1-5H3,(H,26,28)(H,29,31). The van der Waals surface area contributed by atoms with Gasteiger partial charge in [-0.2, -0.15) is 8.42 Å². The number of nitrogens with zero attached hydrogens (tertiary/aromatic N) is 4. The van der Waals surface area contributed by atoms with E-state index in [9.17, 15) is 13.2 Å². The molecule has 1 fully saturated rings. The molecule has 0 aromatic carbocycles. The summed E-state index contributed by atoms with van der Waals surface area (Å²) in [6.07, 6.45) is 6.65. The molecule has 2 aromatic rings. The van der Waals surface area contributed by atoms with Crippen LogP contribution in [0, 0.1) is 5.92 Å². The maximum absolute atomic E-state index is 13.3. The summed E-state index contributed by atoms with van der Waals surface area (Å²) in [6, 6.07) is 3.48. The summed E-state index contributed by atoms with van der Waals surface area (Å²) in [5.74, 6) is 0.633. The minimum absolute atomic E-state index is 0.216. The van der Waals surface area contributed by atoms with Crippen LogP contribution >= 0.6 is 0 Å². The number of carbonyl (C=O) groups is 1. The van der Waals surface area contributed by atoms with E-state index in [1.165, 1.54) is 6.20 Å². The summed E-state index contributed by atoms with van der Waals surface area (Å²) < 4.78 is 28.2. The molecule has 1 unspecified atom stereocenters. The van der Waals surface area contributed by atoms with E-state index in [1.807, 2.05) is 0 Å². The fourth-order valence-corrected chi connectivity index (χ4v) is 5.65. The Hall–Kier alpha value is -2.75. The van der Waals surface area contributed by atoms with E-state index in [0.29, 0.717) is 24.1 Å². The van der Waals surface area contributed by atoms with Crippen molar-refractivity contribution >= 4 is 27.6 Å². The van der Waals surface area contributed by atoms with E-state index in [2.05, 4.69) is 59.5 Å². The van der Waals surface area contributed by atoms with Crippen molar-refractivity contribution in [2.24, 2.45) is 5.92 Å². The first-order chi connectivity index (χ1) is 15.9. The third kappa shape index (κ3) is 5.01. The molecule has 184 valence electrons. The molecule has 4 bridgehead atoms. The highest BCUT2D eigenvalue weighted by molar-refractivity contribution is 7.90. The molecule has 34 heavy (non-hydrogen) atoms. The van der Waals surface area contributed by atoms with Gasteiger partial charge in [-0.15, -0.1) is 0 Å². The minimum atomic E-state index is -4.22. The Morgan fingerprint density at radius 1 is 1.12 bits per heavy atom. The lowest BCUT2D eigenvalue weighted by molar-refractivity contribution is 0.0981. The second kappa shape index (κ2) is 8.79. The van der Waals surface area contributed by atoms with Crippen LogP contribution in [0.5, 0.6) is 0 Å². The molecule has 1 amide bonds. The molecular weight excluding hydrogens is 452 g/mol. The summed E-state index contributed by atoms with van der Waals surface area (Å²) in [5, 5.41) is 2.83. The lowest BCUT2D eigenvalue weighted by atomic mass is 9.91. The van der Waals surface area contributed by atoms with Gasteiger partial charge in [0.15, 0.2) is 5.03 Å². The summed E-state index contributed by atoms with van der Waals surface area (Å²) in [4.78, 5) is 28.6. The normalized spacial score (nSPS) is 22.4. The SMILES string of the molecule is CC(C)(C)c1ccc2c(n1)N1CC(CCCCNc3cncc(n3)S(=O)(=O)NC2=O)CC1(C)C. The topological polar surface area (TPSA) is 117 Å². The number of hydrogen-bond acceptors (Lipinski definition) is 8. The van der Waals surface area contributed by atoms with Gasteiger partial charge in [0.2, 0.25) is 0 Å². The summed E-state index contributed by atoms with van der Waals surface area (Å²) in [6.45, 7) is 12.0. The van der Waals surface area contributed by atoms with Crippen LogP contribution in [0.25, 0.3) is 0 Å². The van der Waals surface area contributed by atoms with Crippen molar-refractivity contribution in [1.82, 2.24) is 19.7 Å². The fraction of sp³-hybridized carbons (Fsp3) is 0.583. The lowest BCUT2D eigenvalue weighted by Crippen LogP contribution is -2.41. The van der Waals surface area contributed by atoms with E-state index in [-0.39, 0.29) is 21.5 Å². The van der Waals surface area contributed by atoms with E-state index in [0.717, 1.165) is 44.1 Å². The van der Waals surface area contributed by atoms with E-state index >= 15 is 0 Å². The first-order valence-electron chi connectivity index (χ1n) is 11.8. The molecule has 0 aliphatic carbocycles. The van der Waals surface area contributed by atoms with Gasteiger partial charge < -0.3 is 10.2 Å². The van der Waals surface area contributed by atoms with Crippen molar-refractivity contribution in [3.05, 3.63) is 35.8 Å². The number of anilines is 2. The van der Waals surface area contributed by atoms with Gasteiger partial charge in [-0.3, -0.25) is 9.78 Å². The number of amides is 1. The molecule has 9 nitrogen and oxygen atoms in total. The second-order valence-electron chi connectivity index (χ2n) is 10.9. The number of fused-ring (bicyclic) bond motifs is 6. The summed E-state index contributed by atoms with van der Waals surface area (Å²) in [5.41, 5.74) is 0.644. The highest BCUT2D eigenvalue weighted by atomic mass is 32.2. The van der Waals surface area contributed by atoms with Gasteiger partial charge in [-0.25, -0.2) is 14.7 Å². The molecular formula is C24H34N6O3S. The Kier molecular flexibility index (Phi) is 6.30. The molecule has 2 aliphatic heterocycles. The largest absolute Gasteiger partial charge is 0.369 e. The van der Waals surface area contributed by atoms with Crippen molar-refractivity contribution in [1.29, 1.82) is 0 Å². The molecule has 0 spiro atoms. The van der Waals surface area contributed by atoms with Crippen LogP contribution in [-0.2, 0) is 15.4 Å². The number of aromatic nitrogens is 3. The Labute approximate surface area is 201 Å². The molecule has 0 saturated carbocycles. The van der Waals surface area contributed by atoms with Crippen molar-refractivity contribution in [3.63, 3.8) is 0 Å². The first kappa shape index (κ1) is 24.4. The third-order valence-electron chi connectivity index (χ3n) is 6.56. The molecule has 1 saturated heterocycles. The van der Waals surface area contributed by atoms with Gasteiger partial charge >= 0.3 is 0 Å². The fourth-order valence-electron chi connectivity index (χ4n) is 4.77. The zero-order valence-electron chi connectivity index (χ0n) is 20.6. The monoisotopic (exact) mass is 486 g/mol. The van der Waals surface area contributed by atoms with E-state index in [1.54, 1.807) is 12.1 Å². The zero-order valence-corrected chi connectivity index (χ0v) is 21.4. The number of pyridine rings is 1. The maximum atomic E-state index is 13.3. The molecule has 2 aliphatic rings. The van der Waals surface area contributed by atoms with Crippen LogP contribution in [0.15, 0.2) is 29.6 Å². The molecule has 4 rings (SSSR count). The first-order valence-corrected chi connectivity index (χ1v) is 13.3. The highest BCUT2D eigenvalue weighted by Crippen LogP contribution is 2.40. The van der Waals surface area contributed by atoms with Gasteiger partial charge in [0.25, 0.3) is 15.9 Å². The van der Waals surface area contributed by atoms with Crippen LogP contribution in [-0.4, -0.2) is 47.9 Å². The second-order valence-corrected chi connectivity index (χ2v) is 12.5. The number of hydrogen-bond donors (Lipinski definition) is 2. The Morgan fingerprint density at radius 3 is 2.62 bits per heavy atom. The van der Waals surface area contributed by atoms with Gasteiger partial charge in [0.1, 0.15) is 11.6 Å². The maximum Gasteiger partial charge on any atom is 0.283 e. The molecule has 4 heterocycles. The number of sulfonamides is 1. The predicted octanol–water partition coefficient (Wildman–Crippen LogP) is 3.49. The molecule has 1 atom stereocenters. The molecule has 10 heteroatoms.